The van der Waals surface area contributed by atoms with E-state index in [-0.39, 0.29) is 11.8 Å². The molecule has 0 unspecified atom stereocenters. The van der Waals surface area contributed by atoms with E-state index in [4.69, 9.17) is 0 Å². The molecule has 23 heavy (non-hydrogen) atoms. The maximum absolute atomic E-state index is 12.7. The SMILES string of the molecule is O=C(C1CCC(C(=O)N2CCCCC2)CC1)N1CCCCCC1. The number of amides is 2. The predicted octanol–water partition coefficient (Wildman–Crippen LogP) is 3.21. The first-order chi connectivity index (χ1) is 11.3. The number of piperidine rings is 1. The van der Waals surface area contributed by atoms with Crippen LogP contribution in [-0.4, -0.2) is 47.8 Å². The number of carbonyl (C=O) groups excluding carboxylic acids is 2. The summed E-state index contributed by atoms with van der Waals surface area (Å²) in [4.78, 5) is 29.5. The van der Waals surface area contributed by atoms with Crippen LogP contribution >= 0.6 is 0 Å². The van der Waals surface area contributed by atoms with Gasteiger partial charge in [0.25, 0.3) is 0 Å². The van der Waals surface area contributed by atoms with E-state index < -0.39 is 0 Å². The number of carbonyl (C=O) groups is 2. The van der Waals surface area contributed by atoms with E-state index in [1.807, 2.05) is 0 Å². The Hall–Kier alpha value is -1.06. The van der Waals surface area contributed by atoms with Gasteiger partial charge in [-0.25, -0.2) is 0 Å². The lowest BCUT2D eigenvalue weighted by Gasteiger charge is -2.35. The van der Waals surface area contributed by atoms with Gasteiger partial charge in [0, 0.05) is 38.0 Å². The van der Waals surface area contributed by atoms with E-state index in [0.29, 0.717) is 11.8 Å². The van der Waals surface area contributed by atoms with Gasteiger partial charge in [0.15, 0.2) is 0 Å². The fourth-order valence-electron chi connectivity index (χ4n) is 4.51. The van der Waals surface area contributed by atoms with E-state index in [9.17, 15) is 9.59 Å². The van der Waals surface area contributed by atoms with Gasteiger partial charge in [0.05, 0.1) is 0 Å². The Balaban J connectivity index is 1.47. The van der Waals surface area contributed by atoms with Crippen molar-refractivity contribution in [2.24, 2.45) is 11.8 Å². The van der Waals surface area contributed by atoms with Crippen LogP contribution in [0.25, 0.3) is 0 Å². The van der Waals surface area contributed by atoms with Crippen molar-refractivity contribution < 1.29 is 9.59 Å². The van der Waals surface area contributed by atoms with Crippen molar-refractivity contribution in [1.82, 2.24) is 9.80 Å². The predicted molar refractivity (Wildman–Crippen MR) is 90.9 cm³/mol. The van der Waals surface area contributed by atoms with Crippen LogP contribution in [0.2, 0.25) is 0 Å². The van der Waals surface area contributed by atoms with Crippen LogP contribution in [0, 0.1) is 11.8 Å². The number of likely N-dealkylation sites (tertiary alicyclic amines) is 2. The second-order valence-corrected chi connectivity index (χ2v) is 7.67. The first-order valence-corrected chi connectivity index (χ1v) is 9.83. The lowest BCUT2D eigenvalue weighted by atomic mass is 9.80. The summed E-state index contributed by atoms with van der Waals surface area (Å²) in [6, 6.07) is 0. The molecule has 4 nitrogen and oxygen atoms in total. The summed E-state index contributed by atoms with van der Waals surface area (Å²) in [5.74, 6) is 1.10. The first kappa shape index (κ1) is 16.8. The highest BCUT2D eigenvalue weighted by Crippen LogP contribution is 2.32. The fourth-order valence-corrected chi connectivity index (χ4v) is 4.51. The minimum absolute atomic E-state index is 0.179. The molecule has 0 bridgehead atoms. The van der Waals surface area contributed by atoms with Crippen molar-refractivity contribution in [2.45, 2.75) is 70.6 Å². The van der Waals surface area contributed by atoms with Gasteiger partial charge in [-0.05, 0) is 57.8 Å². The van der Waals surface area contributed by atoms with Crippen molar-refractivity contribution >= 4 is 11.8 Å². The van der Waals surface area contributed by atoms with E-state index >= 15 is 0 Å². The number of hydrogen-bond acceptors (Lipinski definition) is 2. The van der Waals surface area contributed by atoms with Crippen LogP contribution in [0.15, 0.2) is 0 Å². The average molecular weight is 320 g/mol. The molecule has 0 spiro atoms. The number of nitrogens with zero attached hydrogens (tertiary/aromatic N) is 2. The molecule has 3 fully saturated rings. The Labute approximate surface area is 140 Å². The zero-order chi connectivity index (χ0) is 16.1. The molecule has 3 rings (SSSR count). The highest BCUT2D eigenvalue weighted by atomic mass is 16.2. The third-order valence-electron chi connectivity index (χ3n) is 6.01. The molecule has 1 saturated carbocycles. The van der Waals surface area contributed by atoms with Crippen molar-refractivity contribution in [1.29, 1.82) is 0 Å². The Bertz CT molecular complexity index is 402. The molecule has 0 atom stereocenters. The summed E-state index contributed by atoms with van der Waals surface area (Å²) >= 11 is 0. The van der Waals surface area contributed by atoms with Crippen molar-refractivity contribution in [3.8, 4) is 0 Å². The molecule has 130 valence electrons. The third kappa shape index (κ3) is 4.27. The van der Waals surface area contributed by atoms with E-state index in [0.717, 1.165) is 77.5 Å². The molecule has 2 saturated heterocycles. The Morgan fingerprint density at radius 3 is 1.17 bits per heavy atom. The standard InChI is InChI=1S/C19H32N2O2/c22-18(20-12-4-1-2-5-13-20)16-8-10-17(11-9-16)19(23)21-14-6-3-7-15-21/h16-17H,1-15H2. The second-order valence-electron chi connectivity index (χ2n) is 7.67. The summed E-state index contributed by atoms with van der Waals surface area (Å²) in [6.07, 6.45) is 12.1. The van der Waals surface area contributed by atoms with Gasteiger partial charge in [-0.2, -0.15) is 0 Å². The van der Waals surface area contributed by atoms with Gasteiger partial charge >= 0.3 is 0 Å². The summed E-state index contributed by atoms with van der Waals surface area (Å²) in [6.45, 7) is 3.80. The van der Waals surface area contributed by atoms with Crippen molar-refractivity contribution in [3.63, 3.8) is 0 Å². The van der Waals surface area contributed by atoms with Crippen LogP contribution in [0.5, 0.6) is 0 Å². The molecular weight excluding hydrogens is 288 g/mol. The molecule has 0 radical (unpaired) electrons. The number of rotatable bonds is 2. The van der Waals surface area contributed by atoms with Crippen molar-refractivity contribution in [3.05, 3.63) is 0 Å². The summed E-state index contributed by atoms with van der Waals surface area (Å²) < 4.78 is 0. The monoisotopic (exact) mass is 320 g/mol. The van der Waals surface area contributed by atoms with Crippen LogP contribution in [0.3, 0.4) is 0 Å². The van der Waals surface area contributed by atoms with Crippen LogP contribution in [0.1, 0.15) is 70.6 Å². The Morgan fingerprint density at radius 1 is 0.522 bits per heavy atom. The topological polar surface area (TPSA) is 40.6 Å². The van der Waals surface area contributed by atoms with Crippen LogP contribution in [0.4, 0.5) is 0 Å². The second kappa shape index (κ2) is 8.16. The highest BCUT2D eigenvalue weighted by Gasteiger charge is 2.34. The number of hydrogen-bond donors (Lipinski definition) is 0. The molecule has 2 heterocycles. The molecule has 4 heteroatoms. The maximum atomic E-state index is 12.7. The Kier molecular flexibility index (Phi) is 5.96. The quantitative estimate of drug-likeness (QED) is 0.784. The third-order valence-corrected chi connectivity index (χ3v) is 6.01. The zero-order valence-corrected chi connectivity index (χ0v) is 14.5. The maximum Gasteiger partial charge on any atom is 0.225 e. The smallest absolute Gasteiger partial charge is 0.225 e. The minimum Gasteiger partial charge on any atom is -0.342 e. The van der Waals surface area contributed by atoms with Crippen LogP contribution < -0.4 is 0 Å². The largest absolute Gasteiger partial charge is 0.342 e. The zero-order valence-electron chi connectivity index (χ0n) is 14.5. The molecule has 0 N–H and O–H groups in total. The normalized spacial score (nSPS) is 29.9. The van der Waals surface area contributed by atoms with E-state index in [1.165, 1.54) is 19.3 Å². The summed E-state index contributed by atoms with van der Waals surface area (Å²) in [5, 5.41) is 0. The van der Waals surface area contributed by atoms with Gasteiger partial charge in [-0.15, -0.1) is 0 Å². The van der Waals surface area contributed by atoms with E-state index in [1.54, 1.807) is 0 Å². The molecular formula is C19H32N2O2. The highest BCUT2D eigenvalue weighted by molar-refractivity contribution is 5.81. The molecule has 0 aromatic carbocycles. The molecule has 0 aromatic rings. The van der Waals surface area contributed by atoms with Gasteiger partial charge in [-0.3, -0.25) is 9.59 Å². The first-order valence-electron chi connectivity index (χ1n) is 9.83. The molecule has 2 amide bonds. The Morgan fingerprint density at radius 2 is 0.826 bits per heavy atom. The molecule has 2 aliphatic heterocycles. The van der Waals surface area contributed by atoms with Gasteiger partial charge in [0.1, 0.15) is 0 Å². The lowest BCUT2D eigenvalue weighted by Crippen LogP contribution is -2.43. The fraction of sp³-hybridized carbons (Fsp3) is 0.895. The van der Waals surface area contributed by atoms with Gasteiger partial charge in [-0.1, -0.05) is 12.8 Å². The van der Waals surface area contributed by atoms with Crippen LogP contribution in [-0.2, 0) is 9.59 Å². The molecule has 3 aliphatic rings. The van der Waals surface area contributed by atoms with Crippen molar-refractivity contribution in [2.75, 3.05) is 26.2 Å². The summed E-state index contributed by atoms with van der Waals surface area (Å²) in [5.41, 5.74) is 0. The van der Waals surface area contributed by atoms with Gasteiger partial charge in [0.2, 0.25) is 11.8 Å². The minimum atomic E-state index is 0.179. The molecule has 1 aliphatic carbocycles. The average Bonchev–Trinajstić information content (AvgIpc) is 2.91. The summed E-state index contributed by atoms with van der Waals surface area (Å²) in [7, 11) is 0. The van der Waals surface area contributed by atoms with Gasteiger partial charge < -0.3 is 9.80 Å². The lowest BCUT2D eigenvalue weighted by molar-refractivity contribution is -0.142. The van der Waals surface area contributed by atoms with E-state index in [2.05, 4.69) is 9.80 Å². The molecule has 0 aromatic heterocycles.